The molecule has 29 heavy (non-hydrogen) atoms. The second-order valence-electron chi connectivity index (χ2n) is 6.08. The minimum Gasteiger partial charge on any atom is -0.452 e. The number of Topliss-reactive ketones (excluding diaryl/α,β-unsaturated/α-hetero) is 1. The molecule has 0 bridgehead atoms. The largest absolute Gasteiger partial charge is 0.452 e. The molecule has 2 aromatic rings. The topological polar surface area (TPSA) is 105 Å². The van der Waals surface area contributed by atoms with Gasteiger partial charge in [-0.3, -0.25) is 19.2 Å². The van der Waals surface area contributed by atoms with Crippen molar-refractivity contribution >= 4 is 29.8 Å². The van der Waals surface area contributed by atoms with Crippen LogP contribution in [0.3, 0.4) is 0 Å². The summed E-state index contributed by atoms with van der Waals surface area (Å²) in [5.41, 5.74) is 0.803. The van der Waals surface area contributed by atoms with Crippen LogP contribution in [0.15, 0.2) is 42.2 Å². The number of ketones is 1. The Hall–Kier alpha value is -3.94. The smallest absolute Gasteiger partial charge is 0.308 e. The van der Waals surface area contributed by atoms with Gasteiger partial charge in [0.15, 0.2) is 17.3 Å². The number of rotatable bonds is 4. The molecule has 0 aromatic heterocycles. The summed E-state index contributed by atoms with van der Waals surface area (Å²) >= 11 is 0. The van der Waals surface area contributed by atoms with Crippen molar-refractivity contribution in [2.75, 3.05) is 0 Å². The van der Waals surface area contributed by atoms with Gasteiger partial charge in [0.1, 0.15) is 11.5 Å². The second-order valence-corrected chi connectivity index (χ2v) is 6.08. The monoisotopic (exact) mass is 396 g/mol. The minimum atomic E-state index is -0.596. The van der Waals surface area contributed by atoms with Gasteiger partial charge < -0.3 is 18.9 Å². The average Bonchev–Trinajstić information content (AvgIpc) is 2.91. The molecular formula is C21H16O8. The fourth-order valence-electron chi connectivity index (χ4n) is 2.64. The maximum Gasteiger partial charge on any atom is 0.308 e. The lowest BCUT2D eigenvalue weighted by molar-refractivity contribution is -0.134. The van der Waals surface area contributed by atoms with Crippen LogP contribution in [-0.2, 0) is 14.4 Å². The fraction of sp³-hybridized carbons (Fsp3) is 0.143. The van der Waals surface area contributed by atoms with Crippen molar-refractivity contribution in [2.45, 2.75) is 20.8 Å². The quantitative estimate of drug-likeness (QED) is 0.441. The van der Waals surface area contributed by atoms with Gasteiger partial charge in [-0.2, -0.15) is 0 Å². The zero-order valence-corrected chi connectivity index (χ0v) is 15.8. The van der Waals surface area contributed by atoms with Crippen molar-refractivity contribution in [1.82, 2.24) is 0 Å². The Bertz CT molecular complexity index is 1060. The molecule has 0 saturated carbocycles. The van der Waals surface area contributed by atoms with Gasteiger partial charge in [-0.05, 0) is 35.9 Å². The first-order valence-electron chi connectivity index (χ1n) is 8.50. The summed E-state index contributed by atoms with van der Waals surface area (Å²) in [6.07, 6.45) is 1.46. The Balaban J connectivity index is 1.91. The van der Waals surface area contributed by atoms with E-state index < -0.39 is 17.9 Å². The molecule has 0 atom stereocenters. The van der Waals surface area contributed by atoms with Gasteiger partial charge >= 0.3 is 17.9 Å². The third kappa shape index (κ3) is 4.67. The number of benzene rings is 2. The van der Waals surface area contributed by atoms with Crippen LogP contribution in [-0.4, -0.2) is 23.7 Å². The molecule has 1 aliphatic rings. The normalized spacial score (nSPS) is 13.5. The highest BCUT2D eigenvalue weighted by atomic mass is 16.6. The number of carbonyl (C=O) groups is 4. The highest BCUT2D eigenvalue weighted by Gasteiger charge is 2.28. The maximum absolute atomic E-state index is 12.6. The molecule has 148 valence electrons. The number of hydrogen-bond acceptors (Lipinski definition) is 8. The molecule has 0 fully saturated rings. The lowest BCUT2D eigenvalue weighted by Crippen LogP contribution is -2.07. The van der Waals surface area contributed by atoms with E-state index in [0.717, 1.165) is 0 Å². The van der Waals surface area contributed by atoms with Gasteiger partial charge in [-0.15, -0.1) is 0 Å². The summed E-state index contributed by atoms with van der Waals surface area (Å²) in [7, 11) is 0. The molecule has 1 aliphatic heterocycles. The molecule has 2 aromatic carbocycles. The van der Waals surface area contributed by atoms with E-state index in [1.165, 1.54) is 57.2 Å². The van der Waals surface area contributed by atoms with Gasteiger partial charge in [0.25, 0.3) is 0 Å². The Morgan fingerprint density at radius 2 is 1.48 bits per heavy atom. The highest BCUT2D eigenvalue weighted by molar-refractivity contribution is 6.14. The molecule has 1 heterocycles. The Morgan fingerprint density at radius 1 is 0.828 bits per heavy atom. The Kier molecular flexibility index (Phi) is 5.45. The van der Waals surface area contributed by atoms with Crippen LogP contribution in [0.4, 0.5) is 0 Å². The van der Waals surface area contributed by atoms with Crippen molar-refractivity contribution in [3.63, 3.8) is 0 Å². The van der Waals surface area contributed by atoms with Gasteiger partial charge in [0.05, 0.1) is 5.56 Å². The van der Waals surface area contributed by atoms with E-state index in [2.05, 4.69) is 0 Å². The molecule has 0 spiro atoms. The molecule has 8 nitrogen and oxygen atoms in total. The van der Waals surface area contributed by atoms with E-state index in [1.807, 2.05) is 0 Å². The summed E-state index contributed by atoms with van der Waals surface area (Å²) in [6.45, 7) is 3.70. The molecule has 0 saturated heterocycles. The van der Waals surface area contributed by atoms with Crippen LogP contribution in [0.25, 0.3) is 6.08 Å². The average molecular weight is 396 g/mol. The minimum absolute atomic E-state index is 0.0298. The molecule has 8 heteroatoms. The maximum atomic E-state index is 12.6. The van der Waals surface area contributed by atoms with E-state index in [1.54, 1.807) is 6.07 Å². The predicted octanol–water partition coefficient (Wildman–Crippen LogP) is 3.08. The van der Waals surface area contributed by atoms with Crippen LogP contribution in [0.5, 0.6) is 23.0 Å². The first-order valence-corrected chi connectivity index (χ1v) is 8.50. The number of fused-ring (bicyclic) bond motifs is 1. The zero-order chi connectivity index (χ0) is 21.1. The van der Waals surface area contributed by atoms with Crippen LogP contribution in [0.2, 0.25) is 0 Å². The standard InChI is InChI=1S/C21H16O8/c1-11(22)26-15-5-6-16-18(10-15)29-20(21(16)25)9-14-4-7-17(27-12(2)23)19(8-14)28-13(3)24/h4-10H,1-3H3. The summed E-state index contributed by atoms with van der Waals surface area (Å²) in [5.74, 6) is -1.35. The SMILES string of the molecule is CC(=O)Oc1ccc2c(c1)OC(=Cc1ccc(OC(C)=O)c(OC(C)=O)c1)C2=O. The van der Waals surface area contributed by atoms with Crippen molar-refractivity contribution in [2.24, 2.45) is 0 Å². The summed E-state index contributed by atoms with van der Waals surface area (Å²) in [4.78, 5) is 46.2. The first-order chi connectivity index (χ1) is 13.7. The lowest BCUT2D eigenvalue weighted by atomic mass is 10.1. The Labute approximate surface area is 165 Å². The number of carbonyl (C=O) groups excluding carboxylic acids is 4. The van der Waals surface area contributed by atoms with E-state index in [0.29, 0.717) is 11.1 Å². The third-order valence-corrected chi connectivity index (χ3v) is 3.68. The zero-order valence-electron chi connectivity index (χ0n) is 15.8. The van der Waals surface area contributed by atoms with Crippen molar-refractivity contribution in [1.29, 1.82) is 0 Å². The van der Waals surface area contributed by atoms with Gasteiger partial charge in [-0.25, -0.2) is 0 Å². The highest BCUT2D eigenvalue weighted by Crippen LogP contribution is 2.36. The van der Waals surface area contributed by atoms with Gasteiger partial charge in [-0.1, -0.05) is 6.07 Å². The van der Waals surface area contributed by atoms with Crippen LogP contribution in [0.1, 0.15) is 36.7 Å². The summed E-state index contributed by atoms with van der Waals surface area (Å²) < 4.78 is 20.7. The molecular weight excluding hydrogens is 380 g/mol. The van der Waals surface area contributed by atoms with Crippen LogP contribution < -0.4 is 18.9 Å². The van der Waals surface area contributed by atoms with E-state index >= 15 is 0 Å². The van der Waals surface area contributed by atoms with Crippen molar-refractivity contribution in [3.8, 4) is 23.0 Å². The van der Waals surface area contributed by atoms with Gasteiger partial charge in [0.2, 0.25) is 5.78 Å². The fourth-order valence-corrected chi connectivity index (χ4v) is 2.64. The number of allylic oxidation sites excluding steroid dienone is 1. The number of ether oxygens (including phenoxy) is 4. The second kappa shape index (κ2) is 7.97. The predicted molar refractivity (Wildman–Crippen MR) is 99.7 cm³/mol. The van der Waals surface area contributed by atoms with E-state index in [4.69, 9.17) is 18.9 Å². The van der Waals surface area contributed by atoms with Crippen molar-refractivity contribution < 1.29 is 38.1 Å². The number of esters is 3. The summed E-state index contributed by atoms with van der Waals surface area (Å²) in [5, 5.41) is 0. The van der Waals surface area contributed by atoms with E-state index in [-0.39, 0.29) is 34.5 Å². The van der Waals surface area contributed by atoms with Gasteiger partial charge in [0, 0.05) is 26.8 Å². The molecule has 0 radical (unpaired) electrons. The van der Waals surface area contributed by atoms with Crippen molar-refractivity contribution in [3.05, 3.63) is 53.3 Å². The Morgan fingerprint density at radius 3 is 2.14 bits per heavy atom. The molecule has 3 rings (SSSR count). The number of hydrogen-bond donors (Lipinski definition) is 0. The van der Waals surface area contributed by atoms with E-state index in [9.17, 15) is 19.2 Å². The third-order valence-electron chi connectivity index (χ3n) is 3.68. The summed E-state index contributed by atoms with van der Waals surface area (Å²) in [6, 6.07) is 8.90. The molecule has 0 unspecified atom stereocenters. The first kappa shape index (κ1) is 19.8. The lowest BCUT2D eigenvalue weighted by Gasteiger charge is -2.09. The van der Waals surface area contributed by atoms with Crippen LogP contribution in [0, 0.1) is 0 Å². The molecule has 0 N–H and O–H groups in total. The van der Waals surface area contributed by atoms with Crippen LogP contribution >= 0.6 is 0 Å². The molecule has 0 aliphatic carbocycles. The molecule has 0 amide bonds.